The molecule has 152 valence electrons. The number of hydrogen-bond donors (Lipinski definition) is 1. The minimum atomic E-state index is 0.254. The lowest BCUT2D eigenvalue weighted by atomic mass is 9.89. The van der Waals surface area contributed by atoms with E-state index in [-0.39, 0.29) is 6.04 Å². The van der Waals surface area contributed by atoms with E-state index in [2.05, 4.69) is 20.4 Å². The molecule has 0 amide bonds. The van der Waals surface area contributed by atoms with Crippen LogP contribution in [0.15, 0.2) is 22.9 Å². The second-order valence-corrected chi connectivity index (χ2v) is 7.93. The van der Waals surface area contributed by atoms with E-state index in [1.54, 1.807) is 13.3 Å². The van der Waals surface area contributed by atoms with Crippen LogP contribution in [-0.2, 0) is 4.74 Å². The first-order valence-corrected chi connectivity index (χ1v) is 10.6. The third-order valence-electron chi connectivity index (χ3n) is 5.96. The fourth-order valence-corrected chi connectivity index (χ4v) is 4.50. The zero-order valence-electron chi connectivity index (χ0n) is 16.8. The summed E-state index contributed by atoms with van der Waals surface area (Å²) >= 11 is 0. The molecule has 7 heteroatoms. The van der Waals surface area contributed by atoms with Crippen LogP contribution in [0.25, 0.3) is 11.4 Å². The van der Waals surface area contributed by atoms with Crippen molar-refractivity contribution in [3.63, 3.8) is 0 Å². The molecule has 2 fully saturated rings. The Bertz CT molecular complexity index is 744. The molecule has 2 aliphatic rings. The molecule has 0 aromatic carbocycles. The molecular formula is C21H31N5O2. The second-order valence-electron chi connectivity index (χ2n) is 7.93. The van der Waals surface area contributed by atoms with Crippen molar-refractivity contribution in [1.29, 1.82) is 0 Å². The molecule has 1 saturated carbocycles. The number of aromatic nitrogens is 3. The molecule has 2 aromatic heterocycles. The maximum absolute atomic E-state index is 5.72. The molecular weight excluding hydrogens is 354 g/mol. The molecule has 4 rings (SSSR count). The van der Waals surface area contributed by atoms with Crippen LogP contribution in [0.3, 0.4) is 0 Å². The average molecular weight is 386 g/mol. The molecule has 1 aliphatic heterocycles. The van der Waals surface area contributed by atoms with Gasteiger partial charge in [-0.05, 0) is 50.3 Å². The summed E-state index contributed by atoms with van der Waals surface area (Å²) in [4.78, 5) is 11.8. The maximum atomic E-state index is 5.72. The van der Waals surface area contributed by atoms with Gasteiger partial charge in [-0.3, -0.25) is 4.90 Å². The summed E-state index contributed by atoms with van der Waals surface area (Å²) in [5.74, 6) is 2.94. The van der Waals surface area contributed by atoms with Gasteiger partial charge in [0.2, 0.25) is 11.7 Å². The zero-order valence-corrected chi connectivity index (χ0v) is 16.8. The van der Waals surface area contributed by atoms with Crippen molar-refractivity contribution < 1.29 is 9.26 Å². The van der Waals surface area contributed by atoms with Gasteiger partial charge in [0.05, 0.1) is 18.2 Å². The largest absolute Gasteiger partial charge is 0.383 e. The predicted octanol–water partition coefficient (Wildman–Crippen LogP) is 3.91. The van der Waals surface area contributed by atoms with Crippen molar-refractivity contribution in [2.24, 2.45) is 5.92 Å². The fourth-order valence-electron chi connectivity index (χ4n) is 4.50. The van der Waals surface area contributed by atoms with Crippen LogP contribution in [-0.4, -0.2) is 53.4 Å². The smallest absolute Gasteiger partial charge is 0.244 e. The van der Waals surface area contributed by atoms with Crippen LogP contribution >= 0.6 is 0 Å². The van der Waals surface area contributed by atoms with E-state index in [4.69, 9.17) is 14.2 Å². The first-order valence-electron chi connectivity index (χ1n) is 10.6. The maximum Gasteiger partial charge on any atom is 0.244 e. The van der Waals surface area contributed by atoms with Crippen molar-refractivity contribution in [3.05, 3.63) is 24.2 Å². The van der Waals surface area contributed by atoms with Gasteiger partial charge in [-0.2, -0.15) is 4.98 Å². The molecule has 0 unspecified atom stereocenters. The van der Waals surface area contributed by atoms with Gasteiger partial charge in [0, 0.05) is 26.4 Å². The van der Waals surface area contributed by atoms with E-state index in [1.165, 1.54) is 45.1 Å². The molecule has 1 atom stereocenters. The van der Waals surface area contributed by atoms with Crippen molar-refractivity contribution in [2.45, 2.75) is 51.0 Å². The lowest BCUT2D eigenvalue weighted by molar-refractivity contribution is 0.163. The van der Waals surface area contributed by atoms with E-state index >= 15 is 0 Å². The van der Waals surface area contributed by atoms with Crippen molar-refractivity contribution >= 4 is 5.82 Å². The summed E-state index contributed by atoms with van der Waals surface area (Å²) in [5, 5.41) is 7.56. The standard InChI is InChI=1S/C21H31N5O2/c1-27-14-12-23-19-17(9-5-11-22-19)20-24-21(28-25-20)18-10-6-13-26(18)15-16-7-3-2-4-8-16/h5,9,11,16,18H,2-4,6-8,10,12-15H2,1H3,(H,22,23)/t18-/m1/s1. The first kappa shape index (κ1) is 19.3. The van der Waals surface area contributed by atoms with Crippen LogP contribution < -0.4 is 5.32 Å². The molecule has 0 bridgehead atoms. The third-order valence-corrected chi connectivity index (χ3v) is 5.96. The predicted molar refractivity (Wildman–Crippen MR) is 108 cm³/mol. The number of methoxy groups -OCH3 is 1. The normalized spacial score (nSPS) is 21.2. The topological polar surface area (TPSA) is 76.3 Å². The van der Waals surface area contributed by atoms with Crippen molar-refractivity contribution in [1.82, 2.24) is 20.0 Å². The number of anilines is 1. The Morgan fingerprint density at radius 1 is 1.21 bits per heavy atom. The quantitative estimate of drug-likeness (QED) is 0.690. The van der Waals surface area contributed by atoms with Crippen LogP contribution in [0, 0.1) is 5.92 Å². The Balaban J connectivity index is 1.46. The van der Waals surface area contributed by atoms with Gasteiger partial charge in [0.15, 0.2) is 0 Å². The summed E-state index contributed by atoms with van der Waals surface area (Å²) in [6.45, 7) is 3.60. The van der Waals surface area contributed by atoms with Gasteiger partial charge in [-0.15, -0.1) is 0 Å². The number of nitrogens with zero attached hydrogens (tertiary/aromatic N) is 4. The molecule has 7 nitrogen and oxygen atoms in total. The number of pyridine rings is 1. The number of likely N-dealkylation sites (tertiary alicyclic amines) is 1. The van der Waals surface area contributed by atoms with Crippen LogP contribution in [0.5, 0.6) is 0 Å². The molecule has 1 N–H and O–H groups in total. The van der Waals surface area contributed by atoms with Gasteiger partial charge < -0.3 is 14.6 Å². The van der Waals surface area contributed by atoms with Gasteiger partial charge in [-0.1, -0.05) is 24.4 Å². The van der Waals surface area contributed by atoms with E-state index in [9.17, 15) is 0 Å². The van der Waals surface area contributed by atoms with Crippen LogP contribution in [0.4, 0.5) is 5.82 Å². The molecule has 1 saturated heterocycles. The third kappa shape index (κ3) is 4.52. The monoisotopic (exact) mass is 385 g/mol. The Morgan fingerprint density at radius 2 is 2.11 bits per heavy atom. The second kappa shape index (κ2) is 9.47. The minimum Gasteiger partial charge on any atom is -0.383 e. The number of rotatable bonds is 8. The van der Waals surface area contributed by atoms with E-state index < -0.39 is 0 Å². The highest BCUT2D eigenvalue weighted by molar-refractivity contribution is 5.69. The molecule has 0 spiro atoms. The number of ether oxygens (including phenoxy) is 1. The lowest BCUT2D eigenvalue weighted by Gasteiger charge is -2.29. The Morgan fingerprint density at radius 3 is 2.96 bits per heavy atom. The molecule has 0 radical (unpaired) electrons. The van der Waals surface area contributed by atoms with Crippen molar-refractivity contribution in [3.8, 4) is 11.4 Å². The lowest BCUT2D eigenvalue weighted by Crippen LogP contribution is -2.30. The number of hydrogen-bond acceptors (Lipinski definition) is 7. The highest BCUT2D eigenvalue weighted by atomic mass is 16.5. The van der Waals surface area contributed by atoms with E-state index in [1.807, 2.05) is 12.1 Å². The molecule has 28 heavy (non-hydrogen) atoms. The Kier molecular flexibility index (Phi) is 6.54. The van der Waals surface area contributed by atoms with Gasteiger partial charge >= 0.3 is 0 Å². The molecule has 2 aromatic rings. The molecule has 3 heterocycles. The highest BCUT2D eigenvalue weighted by Crippen LogP contribution is 2.35. The Hall–Kier alpha value is -1.99. The van der Waals surface area contributed by atoms with Crippen LogP contribution in [0.1, 0.15) is 56.9 Å². The zero-order chi connectivity index (χ0) is 19.2. The summed E-state index contributed by atoms with van der Waals surface area (Å²) in [6.07, 6.45) is 11.0. The summed E-state index contributed by atoms with van der Waals surface area (Å²) in [6, 6.07) is 4.13. The van der Waals surface area contributed by atoms with E-state index in [0.29, 0.717) is 19.0 Å². The van der Waals surface area contributed by atoms with Crippen LogP contribution in [0.2, 0.25) is 0 Å². The number of nitrogens with one attached hydrogen (secondary N) is 1. The molecule has 1 aliphatic carbocycles. The first-order chi connectivity index (χ1) is 13.8. The van der Waals surface area contributed by atoms with Crippen molar-refractivity contribution in [2.75, 3.05) is 38.7 Å². The summed E-state index contributed by atoms with van der Waals surface area (Å²) in [7, 11) is 1.69. The SMILES string of the molecule is COCCNc1ncccc1-c1noc([C@H]2CCCN2CC2CCCCC2)n1. The highest BCUT2D eigenvalue weighted by Gasteiger charge is 2.32. The van der Waals surface area contributed by atoms with Gasteiger partial charge in [-0.25, -0.2) is 4.98 Å². The van der Waals surface area contributed by atoms with Gasteiger partial charge in [0.1, 0.15) is 5.82 Å². The van der Waals surface area contributed by atoms with E-state index in [0.717, 1.165) is 36.2 Å². The summed E-state index contributed by atoms with van der Waals surface area (Å²) in [5.41, 5.74) is 0.866. The Labute approximate surface area is 166 Å². The summed E-state index contributed by atoms with van der Waals surface area (Å²) < 4.78 is 10.8. The fraction of sp³-hybridized carbons (Fsp3) is 0.667. The average Bonchev–Trinajstić information content (AvgIpc) is 3.39. The van der Waals surface area contributed by atoms with Gasteiger partial charge in [0.25, 0.3) is 0 Å². The minimum absolute atomic E-state index is 0.254.